The van der Waals surface area contributed by atoms with Crippen LogP contribution in [-0.2, 0) is 0 Å². The zero-order valence-electron chi connectivity index (χ0n) is 12.4. The lowest BCUT2D eigenvalue weighted by atomic mass is 10.1. The van der Waals surface area contributed by atoms with Crippen LogP contribution in [0.5, 0.6) is 0 Å². The quantitative estimate of drug-likeness (QED) is 0.625. The van der Waals surface area contributed by atoms with Crippen molar-refractivity contribution in [3.05, 3.63) is 47.7 Å². The van der Waals surface area contributed by atoms with Crippen molar-refractivity contribution in [2.75, 3.05) is 6.61 Å². The third-order valence-corrected chi connectivity index (χ3v) is 3.06. The van der Waals surface area contributed by atoms with Gasteiger partial charge in [0.25, 0.3) is 5.91 Å². The third-order valence-electron chi connectivity index (χ3n) is 3.06. The van der Waals surface area contributed by atoms with Crippen molar-refractivity contribution < 1.29 is 15.1 Å². The second-order valence-corrected chi connectivity index (χ2v) is 5.53. The first kappa shape index (κ1) is 15.7. The second-order valence-electron chi connectivity index (χ2n) is 5.53. The van der Waals surface area contributed by atoms with Gasteiger partial charge in [0.1, 0.15) is 0 Å². The minimum atomic E-state index is -0.853. The second kappa shape index (κ2) is 5.98. The highest BCUT2D eigenvalue weighted by Gasteiger charge is 2.23. The molecule has 0 radical (unpaired) electrons. The fourth-order valence-corrected chi connectivity index (χ4v) is 1.80. The van der Waals surface area contributed by atoms with Crippen LogP contribution in [0.2, 0.25) is 0 Å². The van der Waals surface area contributed by atoms with Gasteiger partial charge in [-0.2, -0.15) is 4.73 Å². The van der Waals surface area contributed by atoms with Crippen molar-refractivity contribution in [2.45, 2.75) is 19.4 Å². The smallest absolute Gasteiger partial charge is 0.274 e. The number of carbonyl (C=O) groups is 1. The van der Waals surface area contributed by atoms with Crippen molar-refractivity contribution >= 4 is 5.91 Å². The SMILES string of the molecule is CC(C)(CO)NC(=O)c1nc(-c2ccccc2)cn(O)c1=N. The molecule has 22 heavy (non-hydrogen) atoms. The van der Waals surface area contributed by atoms with E-state index in [2.05, 4.69) is 10.3 Å². The maximum Gasteiger partial charge on any atom is 0.274 e. The highest BCUT2D eigenvalue weighted by molar-refractivity contribution is 5.92. The number of nitrogens with zero attached hydrogens (tertiary/aromatic N) is 2. The van der Waals surface area contributed by atoms with E-state index in [4.69, 9.17) is 5.41 Å². The fraction of sp³-hybridized carbons (Fsp3) is 0.267. The first-order valence-corrected chi connectivity index (χ1v) is 6.70. The maximum absolute atomic E-state index is 12.2. The number of amides is 1. The summed E-state index contributed by atoms with van der Waals surface area (Å²) >= 11 is 0. The molecule has 7 heteroatoms. The van der Waals surface area contributed by atoms with Crippen LogP contribution >= 0.6 is 0 Å². The van der Waals surface area contributed by atoms with E-state index >= 15 is 0 Å². The van der Waals surface area contributed by atoms with E-state index in [1.807, 2.05) is 18.2 Å². The number of hydrogen-bond acceptors (Lipinski definition) is 5. The summed E-state index contributed by atoms with van der Waals surface area (Å²) < 4.78 is 0.552. The Kier molecular flexibility index (Phi) is 4.27. The molecule has 1 amide bonds. The standard InChI is InChI=1S/C15H18N4O3/c1-15(2,9-20)18-14(21)12-13(16)19(22)8-11(17-12)10-6-4-3-5-7-10/h3-8,16,20,22H,9H2,1-2H3,(H,18,21). The monoisotopic (exact) mass is 302 g/mol. The minimum absolute atomic E-state index is 0.217. The molecule has 1 aromatic carbocycles. The summed E-state index contributed by atoms with van der Waals surface area (Å²) in [5, 5.41) is 29.4. The van der Waals surface area contributed by atoms with Crippen molar-refractivity contribution in [2.24, 2.45) is 0 Å². The van der Waals surface area contributed by atoms with E-state index < -0.39 is 16.9 Å². The molecule has 0 unspecified atom stereocenters. The lowest BCUT2D eigenvalue weighted by molar-refractivity contribution is 0.0853. The van der Waals surface area contributed by atoms with Crippen molar-refractivity contribution in [3.8, 4) is 11.3 Å². The van der Waals surface area contributed by atoms with Crippen LogP contribution in [0.4, 0.5) is 0 Å². The molecule has 2 aromatic rings. The number of rotatable bonds is 4. The molecule has 0 spiro atoms. The van der Waals surface area contributed by atoms with Crippen LogP contribution < -0.4 is 10.8 Å². The van der Waals surface area contributed by atoms with E-state index in [1.165, 1.54) is 6.20 Å². The van der Waals surface area contributed by atoms with E-state index in [0.717, 1.165) is 0 Å². The Hall–Kier alpha value is -2.67. The van der Waals surface area contributed by atoms with Gasteiger partial charge in [-0.1, -0.05) is 30.3 Å². The van der Waals surface area contributed by atoms with Crippen LogP contribution in [0.25, 0.3) is 11.3 Å². The first-order valence-electron chi connectivity index (χ1n) is 6.70. The van der Waals surface area contributed by atoms with E-state index in [-0.39, 0.29) is 12.3 Å². The Bertz CT molecular complexity index is 738. The zero-order chi connectivity index (χ0) is 16.3. The number of aliphatic hydroxyl groups is 1. The molecule has 1 heterocycles. The molecule has 0 bridgehead atoms. The number of nitrogens with one attached hydrogen (secondary N) is 2. The fourth-order valence-electron chi connectivity index (χ4n) is 1.80. The average molecular weight is 302 g/mol. The lowest BCUT2D eigenvalue weighted by Crippen LogP contribution is -2.48. The van der Waals surface area contributed by atoms with Gasteiger partial charge in [0.15, 0.2) is 11.2 Å². The zero-order valence-corrected chi connectivity index (χ0v) is 12.4. The molecule has 0 atom stereocenters. The summed E-state index contributed by atoms with van der Waals surface area (Å²) in [7, 11) is 0. The van der Waals surface area contributed by atoms with Gasteiger partial charge in [-0.15, -0.1) is 0 Å². The number of benzene rings is 1. The van der Waals surface area contributed by atoms with Crippen LogP contribution in [0.1, 0.15) is 24.3 Å². The molecule has 4 N–H and O–H groups in total. The summed E-state index contributed by atoms with van der Waals surface area (Å²) in [6, 6.07) is 9.02. The third kappa shape index (κ3) is 3.32. The van der Waals surface area contributed by atoms with E-state index in [9.17, 15) is 15.1 Å². The van der Waals surface area contributed by atoms with Gasteiger partial charge in [0.05, 0.1) is 24.0 Å². The molecule has 0 fully saturated rings. The predicted molar refractivity (Wildman–Crippen MR) is 79.3 cm³/mol. The molecule has 2 rings (SSSR count). The Balaban J connectivity index is 2.46. The van der Waals surface area contributed by atoms with Gasteiger partial charge in [0.2, 0.25) is 0 Å². The molecule has 0 aliphatic heterocycles. The summed E-state index contributed by atoms with van der Waals surface area (Å²) in [5.74, 6) is -0.635. The molecule has 0 saturated carbocycles. The molecule has 116 valence electrons. The number of hydrogen-bond donors (Lipinski definition) is 4. The Morgan fingerprint density at radius 3 is 2.59 bits per heavy atom. The maximum atomic E-state index is 12.2. The van der Waals surface area contributed by atoms with E-state index in [1.54, 1.807) is 26.0 Å². The van der Waals surface area contributed by atoms with Crippen molar-refractivity contribution in [1.29, 1.82) is 5.41 Å². The number of aromatic nitrogens is 2. The largest absolute Gasteiger partial charge is 0.427 e. The average Bonchev–Trinajstić information content (AvgIpc) is 2.50. The number of aliphatic hydroxyl groups excluding tert-OH is 1. The molecule has 0 saturated heterocycles. The van der Waals surface area contributed by atoms with Crippen molar-refractivity contribution in [1.82, 2.24) is 15.0 Å². The lowest BCUT2D eigenvalue weighted by Gasteiger charge is -2.23. The van der Waals surface area contributed by atoms with Crippen molar-refractivity contribution in [3.63, 3.8) is 0 Å². The summed E-state index contributed by atoms with van der Waals surface area (Å²) in [5.41, 5.74) is -0.419. The van der Waals surface area contributed by atoms with Gasteiger partial charge < -0.3 is 15.6 Å². The molecular formula is C15H18N4O3. The molecule has 1 aromatic heterocycles. The molecular weight excluding hydrogens is 284 g/mol. The minimum Gasteiger partial charge on any atom is -0.427 e. The van der Waals surface area contributed by atoms with Gasteiger partial charge in [0, 0.05) is 5.56 Å². The molecule has 0 aliphatic rings. The highest BCUT2D eigenvalue weighted by Crippen LogP contribution is 2.15. The summed E-state index contributed by atoms with van der Waals surface area (Å²) in [6.07, 6.45) is 1.27. The first-order chi connectivity index (χ1) is 10.3. The van der Waals surface area contributed by atoms with Crippen LogP contribution in [0.3, 0.4) is 0 Å². The summed E-state index contributed by atoms with van der Waals surface area (Å²) in [4.78, 5) is 16.4. The van der Waals surface area contributed by atoms with Gasteiger partial charge in [-0.25, -0.2) is 4.98 Å². The van der Waals surface area contributed by atoms with Crippen LogP contribution in [-0.4, -0.2) is 38.1 Å². The molecule has 0 aliphatic carbocycles. The van der Waals surface area contributed by atoms with E-state index in [0.29, 0.717) is 16.0 Å². The van der Waals surface area contributed by atoms with Gasteiger partial charge >= 0.3 is 0 Å². The van der Waals surface area contributed by atoms with Crippen LogP contribution in [0.15, 0.2) is 36.5 Å². The normalized spacial score (nSPS) is 11.2. The van der Waals surface area contributed by atoms with Gasteiger partial charge in [-0.05, 0) is 13.8 Å². The Labute approximate surface area is 127 Å². The molecule has 7 nitrogen and oxygen atoms in total. The Morgan fingerprint density at radius 2 is 2.00 bits per heavy atom. The summed E-state index contributed by atoms with van der Waals surface area (Å²) in [6.45, 7) is 3.02. The topological polar surface area (TPSA) is 111 Å². The van der Waals surface area contributed by atoms with Gasteiger partial charge in [-0.3, -0.25) is 10.2 Å². The van der Waals surface area contributed by atoms with Crippen LogP contribution in [0, 0.1) is 5.41 Å². The predicted octanol–water partition coefficient (Wildman–Crippen LogP) is 0.768. The highest BCUT2D eigenvalue weighted by atomic mass is 16.5. The number of carbonyl (C=O) groups excluding carboxylic acids is 1. The Morgan fingerprint density at radius 1 is 1.36 bits per heavy atom.